The van der Waals surface area contributed by atoms with Crippen LogP contribution in [0.2, 0.25) is 0 Å². The number of ether oxygens (including phenoxy) is 4. The van der Waals surface area contributed by atoms with Crippen LogP contribution < -0.4 is 0 Å². The summed E-state index contributed by atoms with van der Waals surface area (Å²) < 4.78 is 19.8. The Hall–Kier alpha value is -0.160. The van der Waals surface area contributed by atoms with Gasteiger partial charge in [-0.1, -0.05) is 20.8 Å². The van der Waals surface area contributed by atoms with Crippen LogP contribution in [0.3, 0.4) is 0 Å². The Morgan fingerprint density at radius 2 is 0.944 bits per heavy atom. The molecule has 0 saturated carbocycles. The van der Waals surface area contributed by atoms with Crippen LogP contribution in [0.25, 0.3) is 0 Å². The van der Waals surface area contributed by atoms with E-state index in [1.54, 1.807) is 28.4 Å². The van der Waals surface area contributed by atoms with Crippen LogP contribution in [0.15, 0.2) is 0 Å². The predicted octanol–water partition coefficient (Wildman–Crippen LogP) is 2.47. The van der Waals surface area contributed by atoms with Crippen LogP contribution >= 0.6 is 0 Å². The van der Waals surface area contributed by atoms with Crippen molar-refractivity contribution in [1.82, 2.24) is 0 Å². The van der Waals surface area contributed by atoms with Crippen LogP contribution in [-0.2, 0) is 18.9 Å². The number of hydrogen-bond donors (Lipinski definition) is 0. The maximum Gasteiger partial charge on any atom is 0.0514 e. The first kappa shape index (κ1) is 20.2. The highest BCUT2D eigenvalue weighted by Crippen LogP contribution is 2.10. The number of rotatable bonds is 9. The Morgan fingerprint density at radius 3 is 1.17 bits per heavy atom. The highest BCUT2D eigenvalue weighted by atomic mass is 16.5. The Balaban J connectivity index is 0. The minimum Gasteiger partial charge on any atom is -0.384 e. The van der Waals surface area contributed by atoms with Crippen molar-refractivity contribution in [3.8, 4) is 0 Å². The quantitative estimate of drug-likeness (QED) is 0.641. The molecular formula is C14H32O4. The van der Waals surface area contributed by atoms with Gasteiger partial charge in [0, 0.05) is 40.3 Å². The third kappa shape index (κ3) is 13.9. The van der Waals surface area contributed by atoms with E-state index >= 15 is 0 Å². The molecule has 0 aromatic carbocycles. The Kier molecular flexibility index (Phi) is 16.7. The molecule has 0 saturated heterocycles. The van der Waals surface area contributed by atoms with Gasteiger partial charge in [0.25, 0.3) is 0 Å². The lowest BCUT2D eigenvalue weighted by Crippen LogP contribution is -2.20. The molecule has 0 amide bonds. The summed E-state index contributed by atoms with van der Waals surface area (Å²) in [5.74, 6) is 1.69. The van der Waals surface area contributed by atoms with E-state index in [0.29, 0.717) is 17.8 Å². The SMILES string of the molecule is COCC(C)COC.COCC(COC)C(C)C. The van der Waals surface area contributed by atoms with E-state index in [9.17, 15) is 0 Å². The molecule has 112 valence electrons. The van der Waals surface area contributed by atoms with Gasteiger partial charge in [-0.15, -0.1) is 0 Å². The van der Waals surface area contributed by atoms with Gasteiger partial charge in [0.2, 0.25) is 0 Å². The molecule has 0 aliphatic rings. The van der Waals surface area contributed by atoms with Crippen molar-refractivity contribution in [1.29, 1.82) is 0 Å². The molecule has 0 aliphatic carbocycles. The van der Waals surface area contributed by atoms with Gasteiger partial charge in [0.1, 0.15) is 0 Å². The largest absolute Gasteiger partial charge is 0.384 e. The fraction of sp³-hybridized carbons (Fsp3) is 1.00. The number of methoxy groups -OCH3 is 4. The predicted molar refractivity (Wildman–Crippen MR) is 75.0 cm³/mol. The van der Waals surface area contributed by atoms with Crippen LogP contribution in [0, 0.1) is 17.8 Å². The topological polar surface area (TPSA) is 36.9 Å². The number of hydrogen-bond acceptors (Lipinski definition) is 4. The molecule has 0 aromatic rings. The van der Waals surface area contributed by atoms with E-state index in [0.717, 1.165) is 26.4 Å². The van der Waals surface area contributed by atoms with Crippen LogP contribution in [0.5, 0.6) is 0 Å². The average molecular weight is 264 g/mol. The first-order valence-corrected chi connectivity index (χ1v) is 6.49. The third-order valence-corrected chi connectivity index (χ3v) is 2.61. The van der Waals surface area contributed by atoms with Crippen molar-refractivity contribution in [2.75, 3.05) is 54.9 Å². The molecule has 0 atom stereocenters. The van der Waals surface area contributed by atoms with Crippen LogP contribution in [0.4, 0.5) is 0 Å². The standard InChI is InChI=1S/C8H18O2.C6H14O2/c1-7(2)8(5-9-3)6-10-4;1-6(4-7-2)5-8-3/h7-8H,5-6H2,1-4H3;6H,4-5H2,1-3H3. The van der Waals surface area contributed by atoms with Gasteiger partial charge in [-0.2, -0.15) is 0 Å². The summed E-state index contributed by atoms with van der Waals surface area (Å²) in [4.78, 5) is 0. The summed E-state index contributed by atoms with van der Waals surface area (Å²) in [6.07, 6.45) is 0. The van der Waals surface area contributed by atoms with E-state index in [1.807, 2.05) is 0 Å². The molecule has 0 aromatic heterocycles. The lowest BCUT2D eigenvalue weighted by atomic mass is 9.98. The lowest BCUT2D eigenvalue weighted by Gasteiger charge is -2.18. The van der Waals surface area contributed by atoms with Crippen molar-refractivity contribution in [3.05, 3.63) is 0 Å². The first-order chi connectivity index (χ1) is 8.53. The second-order valence-electron chi connectivity index (χ2n) is 4.93. The molecule has 18 heavy (non-hydrogen) atoms. The Labute approximate surface area is 113 Å². The Bertz CT molecular complexity index is 139. The zero-order valence-corrected chi connectivity index (χ0v) is 13.2. The third-order valence-electron chi connectivity index (χ3n) is 2.61. The molecule has 4 heteroatoms. The van der Waals surface area contributed by atoms with E-state index in [-0.39, 0.29) is 0 Å². The molecule has 0 bridgehead atoms. The van der Waals surface area contributed by atoms with Gasteiger partial charge in [0.05, 0.1) is 26.4 Å². The molecule has 0 aliphatic heterocycles. The van der Waals surface area contributed by atoms with Crippen molar-refractivity contribution in [3.63, 3.8) is 0 Å². The maximum atomic E-state index is 5.04. The highest BCUT2D eigenvalue weighted by molar-refractivity contribution is 4.60. The maximum absolute atomic E-state index is 5.04. The highest BCUT2D eigenvalue weighted by Gasteiger charge is 2.11. The molecule has 0 spiro atoms. The van der Waals surface area contributed by atoms with E-state index < -0.39 is 0 Å². The molecule has 0 heterocycles. The van der Waals surface area contributed by atoms with Crippen molar-refractivity contribution in [2.24, 2.45) is 17.8 Å². The molecule has 0 fully saturated rings. The van der Waals surface area contributed by atoms with Gasteiger partial charge < -0.3 is 18.9 Å². The van der Waals surface area contributed by atoms with Crippen molar-refractivity contribution in [2.45, 2.75) is 20.8 Å². The molecule has 0 N–H and O–H groups in total. The first-order valence-electron chi connectivity index (χ1n) is 6.49. The van der Waals surface area contributed by atoms with Gasteiger partial charge >= 0.3 is 0 Å². The minimum absolute atomic E-state index is 0.519. The lowest BCUT2D eigenvalue weighted by molar-refractivity contribution is 0.0623. The smallest absolute Gasteiger partial charge is 0.0514 e. The minimum atomic E-state index is 0.519. The molecular weight excluding hydrogens is 232 g/mol. The average Bonchev–Trinajstić information content (AvgIpc) is 2.30. The van der Waals surface area contributed by atoms with E-state index in [1.165, 1.54) is 0 Å². The summed E-state index contributed by atoms with van der Waals surface area (Å²) in [6, 6.07) is 0. The van der Waals surface area contributed by atoms with E-state index in [4.69, 9.17) is 18.9 Å². The van der Waals surface area contributed by atoms with E-state index in [2.05, 4.69) is 20.8 Å². The summed E-state index contributed by atoms with van der Waals surface area (Å²) in [5, 5.41) is 0. The van der Waals surface area contributed by atoms with Gasteiger partial charge in [-0.3, -0.25) is 0 Å². The summed E-state index contributed by atoms with van der Waals surface area (Å²) >= 11 is 0. The second-order valence-corrected chi connectivity index (χ2v) is 4.93. The second kappa shape index (κ2) is 14.9. The normalized spacial score (nSPS) is 11.0. The van der Waals surface area contributed by atoms with Crippen molar-refractivity contribution < 1.29 is 18.9 Å². The van der Waals surface area contributed by atoms with Gasteiger partial charge in [-0.05, 0) is 5.92 Å². The fourth-order valence-corrected chi connectivity index (χ4v) is 1.48. The van der Waals surface area contributed by atoms with Gasteiger partial charge in [0.15, 0.2) is 0 Å². The van der Waals surface area contributed by atoms with Crippen LogP contribution in [0.1, 0.15) is 20.8 Å². The molecule has 0 unspecified atom stereocenters. The monoisotopic (exact) mass is 264 g/mol. The van der Waals surface area contributed by atoms with Crippen LogP contribution in [-0.4, -0.2) is 54.9 Å². The van der Waals surface area contributed by atoms with Crippen molar-refractivity contribution >= 4 is 0 Å². The zero-order valence-electron chi connectivity index (χ0n) is 13.2. The fourth-order valence-electron chi connectivity index (χ4n) is 1.48. The molecule has 4 nitrogen and oxygen atoms in total. The zero-order chi connectivity index (χ0) is 14.4. The molecule has 0 radical (unpaired) electrons. The summed E-state index contributed by atoms with van der Waals surface area (Å²) in [7, 11) is 6.86. The summed E-state index contributed by atoms with van der Waals surface area (Å²) in [6.45, 7) is 9.62. The molecule has 0 rings (SSSR count). The summed E-state index contributed by atoms with van der Waals surface area (Å²) in [5.41, 5.74) is 0. The Morgan fingerprint density at radius 1 is 0.611 bits per heavy atom. The van der Waals surface area contributed by atoms with Gasteiger partial charge in [-0.25, -0.2) is 0 Å².